The van der Waals surface area contributed by atoms with Gasteiger partial charge in [0.15, 0.2) is 0 Å². The van der Waals surface area contributed by atoms with Crippen LogP contribution in [0.4, 0.5) is 0 Å². The molecule has 3 aromatic carbocycles. The molecule has 1 heterocycles. The lowest BCUT2D eigenvalue weighted by atomic mass is 10.1. The summed E-state index contributed by atoms with van der Waals surface area (Å²) in [6, 6.07) is 28.0. The van der Waals surface area contributed by atoms with Crippen LogP contribution < -0.4 is 16.0 Å². The number of rotatable bonds is 14. The van der Waals surface area contributed by atoms with Crippen molar-refractivity contribution in [2.75, 3.05) is 26.7 Å². The monoisotopic (exact) mass is 659 g/mol. The van der Waals surface area contributed by atoms with Gasteiger partial charge in [-0.3, -0.25) is 14.4 Å². The van der Waals surface area contributed by atoms with Gasteiger partial charge in [0, 0.05) is 32.1 Å². The molecule has 0 aliphatic carbocycles. The number of aromatic nitrogens is 1. The van der Waals surface area contributed by atoms with Gasteiger partial charge in [-0.1, -0.05) is 92.2 Å². The van der Waals surface area contributed by atoms with Gasteiger partial charge in [-0.05, 0) is 49.9 Å². The van der Waals surface area contributed by atoms with E-state index in [0.29, 0.717) is 30.8 Å². The fourth-order valence-electron chi connectivity index (χ4n) is 4.54. The van der Waals surface area contributed by atoms with Crippen molar-refractivity contribution in [3.05, 3.63) is 108 Å². The van der Waals surface area contributed by atoms with Crippen molar-refractivity contribution in [3.63, 3.8) is 0 Å². The number of nitrogens with one attached hydrogen (secondary N) is 3. The van der Waals surface area contributed by atoms with Crippen LogP contribution in [-0.2, 0) is 19.6 Å². The third kappa shape index (κ3) is 11.9. The molecule has 0 radical (unpaired) electrons. The zero-order valence-corrected chi connectivity index (χ0v) is 28.3. The van der Waals surface area contributed by atoms with E-state index in [0.717, 1.165) is 5.39 Å². The summed E-state index contributed by atoms with van der Waals surface area (Å²) in [7, 11) is -2.24. The van der Waals surface area contributed by atoms with E-state index in [-0.39, 0.29) is 30.1 Å². The van der Waals surface area contributed by atoms with Gasteiger partial charge in [-0.2, -0.15) is 4.31 Å². The standard InChI is InChI=1S/C29H37N5O5S.C7H8/c1-21(2)16-19-34(40(38,39)23-11-5-4-6-12-23)18-9-17-31-28(36)26(20-27(35)30-3)33-29(37)25-15-14-22-10-7-8-13-24(22)32-25;1-7-5-3-2-4-6-7/h4-8,10-15,21,26H,9,16-20H2,1-3H3,(H,30,35)(H,31,36)(H,33,37);2-6H,1H3/t26-;/m0./s1. The molecule has 0 saturated heterocycles. The Kier molecular flexibility index (Phi) is 14.5. The summed E-state index contributed by atoms with van der Waals surface area (Å²) in [6.07, 6.45) is 0.786. The summed E-state index contributed by atoms with van der Waals surface area (Å²) in [6.45, 7) is 6.87. The molecule has 1 aromatic heterocycles. The van der Waals surface area contributed by atoms with Crippen LogP contribution in [0.3, 0.4) is 0 Å². The molecule has 0 spiro atoms. The number of amides is 3. The fraction of sp³-hybridized carbons (Fsp3) is 0.333. The van der Waals surface area contributed by atoms with E-state index in [1.807, 2.05) is 50.2 Å². The number of benzene rings is 3. The van der Waals surface area contributed by atoms with Gasteiger partial charge in [-0.15, -0.1) is 0 Å². The van der Waals surface area contributed by atoms with E-state index in [4.69, 9.17) is 0 Å². The van der Waals surface area contributed by atoms with Crippen LogP contribution >= 0.6 is 0 Å². The van der Waals surface area contributed by atoms with Gasteiger partial charge in [0.1, 0.15) is 11.7 Å². The lowest BCUT2D eigenvalue weighted by Gasteiger charge is -2.23. The molecule has 0 fully saturated rings. The molecule has 0 aliphatic rings. The molecule has 4 rings (SSSR count). The maximum absolute atomic E-state index is 13.2. The minimum absolute atomic E-state index is 0.125. The third-order valence-corrected chi connectivity index (χ3v) is 9.19. The number of aryl methyl sites for hydroxylation is 1. The Morgan fingerprint density at radius 2 is 1.47 bits per heavy atom. The topological polar surface area (TPSA) is 138 Å². The zero-order valence-electron chi connectivity index (χ0n) is 27.5. The second kappa shape index (κ2) is 18.5. The van der Waals surface area contributed by atoms with E-state index in [9.17, 15) is 22.8 Å². The first kappa shape index (κ1) is 36.9. The number of carbonyl (C=O) groups excluding carboxylic acids is 3. The van der Waals surface area contributed by atoms with Gasteiger partial charge in [0.2, 0.25) is 21.8 Å². The van der Waals surface area contributed by atoms with Crippen molar-refractivity contribution in [2.45, 2.75) is 51.0 Å². The van der Waals surface area contributed by atoms with Crippen LogP contribution in [0, 0.1) is 12.8 Å². The van der Waals surface area contributed by atoms with Gasteiger partial charge in [0.05, 0.1) is 16.8 Å². The summed E-state index contributed by atoms with van der Waals surface area (Å²) in [5, 5.41) is 8.68. The molecule has 250 valence electrons. The number of hydrogen-bond donors (Lipinski definition) is 3. The largest absolute Gasteiger partial charge is 0.359 e. The summed E-state index contributed by atoms with van der Waals surface area (Å²) in [5.41, 5.74) is 2.08. The van der Waals surface area contributed by atoms with E-state index in [1.54, 1.807) is 48.5 Å². The molecule has 0 bridgehead atoms. The average molecular weight is 660 g/mol. The Morgan fingerprint density at radius 1 is 0.830 bits per heavy atom. The van der Waals surface area contributed by atoms with Gasteiger partial charge >= 0.3 is 0 Å². The molecule has 0 saturated carbocycles. The Morgan fingerprint density at radius 3 is 2.09 bits per heavy atom. The van der Waals surface area contributed by atoms with Crippen LogP contribution in [-0.4, -0.2) is 68.2 Å². The average Bonchev–Trinajstić information content (AvgIpc) is 3.07. The van der Waals surface area contributed by atoms with E-state index in [2.05, 4.69) is 40.0 Å². The highest BCUT2D eigenvalue weighted by Gasteiger charge is 2.26. The first-order valence-corrected chi connectivity index (χ1v) is 17.2. The maximum Gasteiger partial charge on any atom is 0.270 e. The highest BCUT2D eigenvalue weighted by molar-refractivity contribution is 7.89. The number of sulfonamides is 1. The van der Waals surface area contributed by atoms with Crippen molar-refractivity contribution in [3.8, 4) is 0 Å². The molecule has 4 aromatic rings. The van der Waals surface area contributed by atoms with Crippen LogP contribution in [0.25, 0.3) is 10.9 Å². The third-order valence-electron chi connectivity index (χ3n) is 7.28. The van der Waals surface area contributed by atoms with Gasteiger partial charge in [-0.25, -0.2) is 13.4 Å². The minimum atomic E-state index is -3.69. The van der Waals surface area contributed by atoms with E-state index in [1.165, 1.54) is 16.9 Å². The number of para-hydroxylation sites is 1. The predicted molar refractivity (Wildman–Crippen MR) is 185 cm³/mol. The van der Waals surface area contributed by atoms with Crippen LogP contribution in [0.1, 0.15) is 49.2 Å². The van der Waals surface area contributed by atoms with Crippen molar-refractivity contribution in [1.82, 2.24) is 25.2 Å². The summed E-state index contributed by atoms with van der Waals surface area (Å²) in [4.78, 5) is 42.6. The lowest BCUT2D eigenvalue weighted by molar-refractivity contribution is -0.128. The normalized spacial score (nSPS) is 11.8. The Labute approximate surface area is 278 Å². The van der Waals surface area contributed by atoms with Crippen molar-refractivity contribution >= 4 is 38.6 Å². The van der Waals surface area contributed by atoms with Crippen LogP contribution in [0.2, 0.25) is 0 Å². The molecular weight excluding hydrogens is 614 g/mol. The fourth-order valence-corrected chi connectivity index (χ4v) is 6.06. The summed E-state index contributed by atoms with van der Waals surface area (Å²) < 4.78 is 27.9. The second-order valence-electron chi connectivity index (χ2n) is 11.5. The maximum atomic E-state index is 13.2. The minimum Gasteiger partial charge on any atom is -0.359 e. The van der Waals surface area contributed by atoms with Gasteiger partial charge < -0.3 is 16.0 Å². The molecule has 0 aliphatic heterocycles. The summed E-state index contributed by atoms with van der Waals surface area (Å²) in [5.74, 6) is -1.22. The first-order chi connectivity index (χ1) is 22.5. The highest BCUT2D eigenvalue weighted by atomic mass is 32.2. The highest BCUT2D eigenvalue weighted by Crippen LogP contribution is 2.17. The van der Waals surface area contributed by atoms with Crippen molar-refractivity contribution < 1.29 is 22.8 Å². The van der Waals surface area contributed by atoms with Crippen molar-refractivity contribution in [2.24, 2.45) is 5.92 Å². The number of hydrogen-bond acceptors (Lipinski definition) is 6. The number of carbonyl (C=O) groups is 3. The van der Waals surface area contributed by atoms with Crippen LogP contribution in [0.5, 0.6) is 0 Å². The zero-order chi connectivity index (χ0) is 34.2. The second-order valence-corrected chi connectivity index (χ2v) is 13.4. The molecule has 47 heavy (non-hydrogen) atoms. The number of pyridine rings is 1. The Balaban J connectivity index is 0.000000756. The summed E-state index contributed by atoms with van der Waals surface area (Å²) >= 11 is 0. The van der Waals surface area contributed by atoms with Crippen LogP contribution in [0.15, 0.2) is 102 Å². The molecule has 11 heteroatoms. The molecular formula is C36H45N5O5S. The van der Waals surface area contributed by atoms with Crippen molar-refractivity contribution in [1.29, 1.82) is 0 Å². The van der Waals surface area contributed by atoms with Gasteiger partial charge in [0.25, 0.3) is 5.91 Å². The van der Waals surface area contributed by atoms with E-state index < -0.39 is 33.8 Å². The lowest BCUT2D eigenvalue weighted by Crippen LogP contribution is -2.49. The Hall–Kier alpha value is -4.61. The molecule has 0 unspecified atom stereocenters. The Bertz CT molecular complexity index is 1700. The molecule has 3 amide bonds. The number of nitrogens with zero attached hydrogens (tertiary/aromatic N) is 2. The predicted octanol–water partition coefficient (Wildman–Crippen LogP) is 4.71. The first-order valence-electron chi connectivity index (χ1n) is 15.7. The molecule has 3 N–H and O–H groups in total. The number of fused-ring (bicyclic) bond motifs is 1. The molecule has 1 atom stereocenters. The quantitative estimate of drug-likeness (QED) is 0.168. The van der Waals surface area contributed by atoms with E-state index >= 15 is 0 Å². The smallest absolute Gasteiger partial charge is 0.270 e. The molecule has 10 nitrogen and oxygen atoms in total. The SMILES string of the molecule is CNC(=O)C[C@H](NC(=O)c1ccc2ccccc2n1)C(=O)NCCCN(CCC(C)C)S(=O)(=O)c1ccccc1.Cc1ccccc1.